The van der Waals surface area contributed by atoms with E-state index in [2.05, 4.69) is 26.6 Å². The summed E-state index contributed by atoms with van der Waals surface area (Å²) >= 11 is 3.55. The highest BCUT2D eigenvalue weighted by molar-refractivity contribution is 9.10. The summed E-state index contributed by atoms with van der Waals surface area (Å²) in [5.41, 5.74) is 2.23. The van der Waals surface area contributed by atoms with Crippen molar-refractivity contribution in [2.75, 3.05) is 25.1 Å². The van der Waals surface area contributed by atoms with E-state index in [4.69, 9.17) is 9.47 Å². The number of amides is 3. The number of para-hydroxylation sites is 1. The number of likely N-dealkylation sites (tertiary alicyclic amines) is 1. The topological polar surface area (TPSA) is 100 Å². The Labute approximate surface area is 261 Å². The zero-order valence-corrected chi connectivity index (χ0v) is 26.9. The number of benzene rings is 3. The number of aryl methyl sites for hydroxylation is 1. The van der Waals surface area contributed by atoms with Gasteiger partial charge in [0, 0.05) is 34.9 Å². The second kappa shape index (κ2) is 12.5. The summed E-state index contributed by atoms with van der Waals surface area (Å²) in [6, 6.07) is 16.6. The lowest BCUT2D eigenvalue weighted by Gasteiger charge is -2.41. The molecule has 2 unspecified atom stereocenters. The molecule has 0 spiro atoms. The fourth-order valence-corrected chi connectivity index (χ4v) is 6.03. The summed E-state index contributed by atoms with van der Waals surface area (Å²) in [5.74, 6) is 0.276. The van der Waals surface area contributed by atoms with Gasteiger partial charge in [-0.2, -0.15) is 0 Å². The molecule has 2 atom stereocenters. The Morgan fingerprint density at radius 3 is 2.56 bits per heavy atom. The quantitative estimate of drug-likeness (QED) is 0.366. The molecule has 0 aliphatic carbocycles. The van der Waals surface area contributed by atoms with Gasteiger partial charge in [0.15, 0.2) is 0 Å². The van der Waals surface area contributed by atoms with Gasteiger partial charge in [-0.3, -0.25) is 14.9 Å². The lowest BCUT2D eigenvalue weighted by molar-refractivity contribution is -0.129. The molecule has 0 aromatic heterocycles. The number of carbonyl (C=O) groups is 3. The van der Waals surface area contributed by atoms with Gasteiger partial charge in [-0.25, -0.2) is 4.79 Å². The smallest absolute Gasteiger partial charge is 0.410 e. The molecule has 2 aliphatic rings. The highest BCUT2D eigenvalue weighted by Crippen LogP contribution is 2.35. The van der Waals surface area contributed by atoms with Crippen LogP contribution in [0.3, 0.4) is 0 Å². The number of hydrogen-bond donors (Lipinski definition) is 2. The van der Waals surface area contributed by atoms with Crippen LogP contribution in [0.25, 0.3) is 10.8 Å². The van der Waals surface area contributed by atoms with Gasteiger partial charge in [0.25, 0.3) is 0 Å². The molecule has 0 radical (unpaired) electrons. The fraction of sp³-hybridized carbons (Fsp3) is 0.424. The Kier molecular flexibility index (Phi) is 8.99. The molecule has 10 heteroatoms. The Hall–Kier alpha value is -3.63. The SMILES string of the molecule is COc1ccc2cc(Br)ccc2c1CN1C(=O)C(NC(=O)C(C)NC2CN(C(=O)OC(C)(C)C)C2)CCc2ccccc21. The third kappa shape index (κ3) is 6.96. The molecular formula is C33H39BrN4O5. The summed E-state index contributed by atoms with van der Waals surface area (Å²) in [6.45, 7) is 8.48. The minimum absolute atomic E-state index is 0.0299. The lowest BCUT2D eigenvalue weighted by Crippen LogP contribution is -2.64. The maximum atomic E-state index is 14.2. The van der Waals surface area contributed by atoms with Gasteiger partial charge in [0.05, 0.1) is 19.7 Å². The van der Waals surface area contributed by atoms with Crippen molar-refractivity contribution in [2.24, 2.45) is 0 Å². The number of fused-ring (bicyclic) bond motifs is 2. The van der Waals surface area contributed by atoms with E-state index in [0.29, 0.717) is 38.2 Å². The number of anilines is 1. The molecule has 1 fully saturated rings. The standard InChI is InChI=1S/C33H39BrN4O5/c1-20(35-24-17-37(18-24)32(41)43-33(2,3)4)30(39)36-27-14-10-21-8-6-7-9-28(21)38(31(27)40)19-26-25-13-12-23(34)16-22(25)11-15-29(26)42-5/h6-9,11-13,15-16,20,24,27,35H,10,14,17-19H2,1-5H3,(H,36,39). The minimum Gasteiger partial charge on any atom is -0.496 e. The zero-order chi connectivity index (χ0) is 30.9. The van der Waals surface area contributed by atoms with Crippen LogP contribution in [0.5, 0.6) is 5.75 Å². The minimum atomic E-state index is -0.695. The number of hydrogen-bond acceptors (Lipinski definition) is 6. The third-order valence-electron chi connectivity index (χ3n) is 7.86. The average Bonchev–Trinajstić information content (AvgIpc) is 3.05. The number of rotatable bonds is 7. The molecule has 0 saturated carbocycles. The molecule has 3 aromatic carbocycles. The first-order valence-corrected chi connectivity index (χ1v) is 15.4. The van der Waals surface area contributed by atoms with Crippen LogP contribution in [0.4, 0.5) is 10.5 Å². The van der Waals surface area contributed by atoms with Gasteiger partial charge in [-0.05, 0) is 81.1 Å². The fourth-order valence-electron chi connectivity index (χ4n) is 5.66. The summed E-state index contributed by atoms with van der Waals surface area (Å²) < 4.78 is 12.1. The summed E-state index contributed by atoms with van der Waals surface area (Å²) in [4.78, 5) is 43.1. The molecule has 5 rings (SSSR count). The maximum absolute atomic E-state index is 14.2. The Balaban J connectivity index is 1.31. The first-order chi connectivity index (χ1) is 20.4. The summed E-state index contributed by atoms with van der Waals surface area (Å²) in [6.07, 6.45) is 0.778. The van der Waals surface area contributed by atoms with Crippen LogP contribution in [0.2, 0.25) is 0 Å². The van der Waals surface area contributed by atoms with Crippen LogP contribution in [0.15, 0.2) is 59.1 Å². The Bertz CT molecular complexity index is 1530. The number of nitrogens with zero attached hydrogens (tertiary/aromatic N) is 2. The number of methoxy groups -OCH3 is 1. The molecular weight excluding hydrogens is 612 g/mol. The van der Waals surface area contributed by atoms with Crippen molar-refractivity contribution in [2.45, 2.75) is 70.8 Å². The molecule has 2 aliphatic heterocycles. The van der Waals surface area contributed by atoms with Gasteiger partial charge in [0.2, 0.25) is 11.8 Å². The van der Waals surface area contributed by atoms with E-state index in [1.807, 2.05) is 75.4 Å². The third-order valence-corrected chi connectivity index (χ3v) is 8.36. The molecule has 3 aromatic rings. The van der Waals surface area contributed by atoms with Gasteiger partial charge in [0.1, 0.15) is 17.4 Å². The van der Waals surface area contributed by atoms with Crippen molar-refractivity contribution in [3.05, 3.63) is 70.2 Å². The molecule has 2 heterocycles. The normalized spacial score (nSPS) is 18.0. The van der Waals surface area contributed by atoms with E-state index < -0.39 is 17.7 Å². The predicted octanol–water partition coefficient (Wildman–Crippen LogP) is 5.17. The van der Waals surface area contributed by atoms with Crippen LogP contribution in [0.1, 0.15) is 45.2 Å². The molecule has 228 valence electrons. The Morgan fingerprint density at radius 2 is 1.84 bits per heavy atom. The largest absolute Gasteiger partial charge is 0.496 e. The van der Waals surface area contributed by atoms with E-state index in [0.717, 1.165) is 32.1 Å². The monoisotopic (exact) mass is 650 g/mol. The molecule has 3 amide bonds. The van der Waals surface area contributed by atoms with Crippen molar-refractivity contribution in [1.29, 1.82) is 0 Å². The van der Waals surface area contributed by atoms with Gasteiger partial charge in [-0.15, -0.1) is 0 Å². The molecule has 0 bridgehead atoms. The molecule has 1 saturated heterocycles. The van der Waals surface area contributed by atoms with Crippen LogP contribution < -0.4 is 20.3 Å². The first kappa shape index (κ1) is 30.8. The predicted molar refractivity (Wildman–Crippen MR) is 170 cm³/mol. The van der Waals surface area contributed by atoms with Gasteiger partial charge >= 0.3 is 6.09 Å². The second-order valence-electron chi connectivity index (χ2n) is 12.2. The van der Waals surface area contributed by atoms with Crippen molar-refractivity contribution >= 4 is 50.3 Å². The van der Waals surface area contributed by atoms with E-state index in [9.17, 15) is 14.4 Å². The van der Waals surface area contributed by atoms with Crippen molar-refractivity contribution in [3.8, 4) is 5.75 Å². The van der Waals surface area contributed by atoms with E-state index in [1.54, 1.807) is 23.8 Å². The molecule has 2 N–H and O–H groups in total. The van der Waals surface area contributed by atoms with Crippen LogP contribution in [-0.4, -0.2) is 66.7 Å². The zero-order valence-electron chi connectivity index (χ0n) is 25.3. The second-order valence-corrected chi connectivity index (χ2v) is 13.2. The van der Waals surface area contributed by atoms with E-state index >= 15 is 0 Å². The van der Waals surface area contributed by atoms with Gasteiger partial charge in [-0.1, -0.05) is 46.3 Å². The average molecular weight is 652 g/mol. The van der Waals surface area contributed by atoms with Crippen LogP contribution in [0, 0.1) is 0 Å². The lowest BCUT2D eigenvalue weighted by atomic mass is 10.0. The van der Waals surface area contributed by atoms with Crippen molar-refractivity contribution in [1.82, 2.24) is 15.5 Å². The van der Waals surface area contributed by atoms with Gasteiger partial charge < -0.3 is 24.6 Å². The Morgan fingerprint density at radius 1 is 1.09 bits per heavy atom. The van der Waals surface area contributed by atoms with E-state index in [1.165, 1.54) is 0 Å². The van der Waals surface area contributed by atoms with E-state index in [-0.39, 0.29) is 23.9 Å². The van der Waals surface area contributed by atoms with Crippen molar-refractivity contribution in [3.63, 3.8) is 0 Å². The highest BCUT2D eigenvalue weighted by Gasteiger charge is 2.37. The van der Waals surface area contributed by atoms with Crippen LogP contribution in [-0.2, 0) is 27.3 Å². The number of nitrogens with one attached hydrogen (secondary N) is 2. The number of halogens is 1. The summed E-state index contributed by atoms with van der Waals surface area (Å²) in [7, 11) is 1.63. The summed E-state index contributed by atoms with van der Waals surface area (Å²) in [5, 5.41) is 8.33. The first-order valence-electron chi connectivity index (χ1n) is 14.6. The maximum Gasteiger partial charge on any atom is 0.410 e. The molecule has 9 nitrogen and oxygen atoms in total. The molecule has 43 heavy (non-hydrogen) atoms. The van der Waals surface area contributed by atoms with Crippen LogP contribution >= 0.6 is 15.9 Å². The number of carbonyl (C=O) groups excluding carboxylic acids is 3. The highest BCUT2D eigenvalue weighted by atomic mass is 79.9. The number of ether oxygens (including phenoxy) is 2. The van der Waals surface area contributed by atoms with Crippen molar-refractivity contribution < 1.29 is 23.9 Å².